The highest BCUT2D eigenvalue weighted by atomic mass is 16.7. The summed E-state index contributed by atoms with van der Waals surface area (Å²) in [5, 5.41) is 10.2. The minimum absolute atomic E-state index is 0.140. The van der Waals surface area contributed by atoms with E-state index in [1.165, 1.54) is 5.56 Å². The number of aliphatic hydroxyl groups is 1. The van der Waals surface area contributed by atoms with Gasteiger partial charge in [0.1, 0.15) is 0 Å². The molecule has 1 unspecified atom stereocenters. The number of ether oxygens (including phenoxy) is 2. The predicted molar refractivity (Wildman–Crippen MR) is 70.4 cm³/mol. The Morgan fingerprint density at radius 1 is 1.28 bits per heavy atom. The third kappa shape index (κ3) is 3.55. The molecular formula is C15H22O3. The Labute approximate surface area is 109 Å². The fourth-order valence-corrected chi connectivity index (χ4v) is 2.27. The first kappa shape index (κ1) is 13.5. The van der Waals surface area contributed by atoms with Crippen molar-refractivity contribution in [3.8, 4) is 0 Å². The molecule has 2 rings (SSSR count). The second kappa shape index (κ2) is 6.32. The van der Waals surface area contributed by atoms with Gasteiger partial charge in [-0.1, -0.05) is 23.8 Å². The van der Waals surface area contributed by atoms with Gasteiger partial charge in [-0.3, -0.25) is 0 Å². The average Bonchev–Trinajstić information content (AvgIpc) is 2.40. The van der Waals surface area contributed by atoms with Gasteiger partial charge < -0.3 is 14.6 Å². The molecule has 1 atom stereocenters. The lowest BCUT2D eigenvalue weighted by Crippen LogP contribution is -2.25. The SMILES string of the molecule is Cc1ccc(C)c(C(O)CCC2OCCCO2)c1. The highest BCUT2D eigenvalue weighted by Crippen LogP contribution is 2.25. The van der Waals surface area contributed by atoms with Crippen LogP contribution in [0.4, 0.5) is 0 Å². The zero-order valence-electron chi connectivity index (χ0n) is 11.2. The van der Waals surface area contributed by atoms with Crippen LogP contribution in [0.5, 0.6) is 0 Å². The third-order valence-electron chi connectivity index (χ3n) is 3.37. The Balaban J connectivity index is 1.90. The van der Waals surface area contributed by atoms with Gasteiger partial charge in [-0.05, 0) is 37.8 Å². The molecule has 0 aliphatic carbocycles. The minimum atomic E-state index is -0.431. The first-order valence-corrected chi connectivity index (χ1v) is 6.65. The molecule has 18 heavy (non-hydrogen) atoms. The van der Waals surface area contributed by atoms with Crippen LogP contribution in [0.25, 0.3) is 0 Å². The van der Waals surface area contributed by atoms with Gasteiger partial charge in [-0.2, -0.15) is 0 Å². The summed E-state index contributed by atoms with van der Waals surface area (Å²) in [5.74, 6) is 0. The van der Waals surface area contributed by atoms with E-state index >= 15 is 0 Å². The number of hydrogen-bond acceptors (Lipinski definition) is 3. The smallest absolute Gasteiger partial charge is 0.157 e. The van der Waals surface area contributed by atoms with Gasteiger partial charge in [0.15, 0.2) is 6.29 Å². The first-order chi connectivity index (χ1) is 8.66. The number of hydrogen-bond donors (Lipinski definition) is 1. The van der Waals surface area contributed by atoms with Crippen LogP contribution in [0.2, 0.25) is 0 Å². The standard InChI is InChI=1S/C15H22O3/c1-11-4-5-12(2)13(10-11)14(16)6-7-15-17-8-3-9-18-15/h4-5,10,14-16H,3,6-9H2,1-2H3. The Bertz CT molecular complexity index is 383. The molecule has 1 heterocycles. The van der Waals surface area contributed by atoms with Crippen LogP contribution < -0.4 is 0 Å². The van der Waals surface area contributed by atoms with Crippen LogP contribution in [0.15, 0.2) is 18.2 Å². The molecule has 1 aromatic carbocycles. The molecule has 1 aliphatic rings. The molecule has 1 saturated heterocycles. The van der Waals surface area contributed by atoms with Crippen molar-refractivity contribution in [2.45, 2.75) is 45.5 Å². The molecule has 0 saturated carbocycles. The second-order valence-electron chi connectivity index (χ2n) is 4.98. The second-order valence-corrected chi connectivity index (χ2v) is 4.98. The Kier molecular flexibility index (Phi) is 4.75. The fourth-order valence-electron chi connectivity index (χ4n) is 2.27. The molecule has 100 valence electrons. The summed E-state index contributed by atoms with van der Waals surface area (Å²) in [4.78, 5) is 0. The number of aryl methyl sites for hydroxylation is 2. The van der Waals surface area contributed by atoms with Gasteiger partial charge in [-0.15, -0.1) is 0 Å². The topological polar surface area (TPSA) is 38.7 Å². The molecule has 3 heteroatoms. The molecule has 1 N–H and O–H groups in total. The molecule has 3 nitrogen and oxygen atoms in total. The lowest BCUT2D eigenvalue weighted by Gasteiger charge is -2.24. The zero-order chi connectivity index (χ0) is 13.0. The van der Waals surface area contributed by atoms with Gasteiger partial charge in [-0.25, -0.2) is 0 Å². The normalized spacial score (nSPS) is 18.8. The van der Waals surface area contributed by atoms with Crippen LogP contribution in [0, 0.1) is 13.8 Å². The van der Waals surface area contributed by atoms with Crippen LogP contribution in [-0.2, 0) is 9.47 Å². The van der Waals surface area contributed by atoms with Crippen molar-refractivity contribution in [3.05, 3.63) is 34.9 Å². The molecule has 1 aliphatic heterocycles. The molecule has 1 fully saturated rings. The molecule has 0 spiro atoms. The maximum Gasteiger partial charge on any atom is 0.157 e. The maximum absolute atomic E-state index is 10.2. The first-order valence-electron chi connectivity index (χ1n) is 6.65. The Morgan fingerprint density at radius 3 is 2.72 bits per heavy atom. The van der Waals surface area contributed by atoms with Crippen molar-refractivity contribution in [3.63, 3.8) is 0 Å². The Hall–Kier alpha value is -0.900. The van der Waals surface area contributed by atoms with E-state index in [0.717, 1.165) is 37.2 Å². The van der Waals surface area contributed by atoms with Crippen molar-refractivity contribution in [2.75, 3.05) is 13.2 Å². The van der Waals surface area contributed by atoms with Crippen LogP contribution in [0.1, 0.15) is 42.1 Å². The molecule has 0 bridgehead atoms. The van der Waals surface area contributed by atoms with Gasteiger partial charge in [0.2, 0.25) is 0 Å². The lowest BCUT2D eigenvalue weighted by atomic mass is 9.98. The molecule has 0 aromatic heterocycles. The van der Waals surface area contributed by atoms with E-state index in [-0.39, 0.29) is 6.29 Å². The van der Waals surface area contributed by atoms with Crippen molar-refractivity contribution in [2.24, 2.45) is 0 Å². The van der Waals surface area contributed by atoms with Crippen molar-refractivity contribution >= 4 is 0 Å². The maximum atomic E-state index is 10.2. The number of benzene rings is 1. The summed E-state index contributed by atoms with van der Waals surface area (Å²) in [6.45, 7) is 5.61. The summed E-state index contributed by atoms with van der Waals surface area (Å²) < 4.78 is 11.0. The van der Waals surface area contributed by atoms with E-state index < -0.39 is 6.10 Å². The van der Waals surface area contributed by atoms with E-state index in [4.69, 9.17) is 9.47 Å². The van der Waals surface area contributed by atoms with E-state index in [1.807, 2.05) is 13.8 Å². The van der Waals surface area contributed by atoms with Gasteiger partial charge in [0, 0.05) is 6.42 Å². The monoisotopic (exact) mass is 250 g/mol. The summed E-state index contributed by atoms with van der Waals surface area (Å²) in [6, 6.07) is 6.18. The number of rotatable bonds is 4. The van der Waals surface area contributed by atoms with Gasteiger partial charge >= 0.3 is 0 Å². The zero-order valence-corrected chi connectivity index (χ0v) is 11.2. The van der Waals surface area contributed by atoms with Crippen molar-refractivity contribution < 1.29 is 14.6 Å². The van der Waals surface area contributed by atoms with E-state index in [1.54, 1.807) is 0 Å². The quantitative estimate of drug-likeness (QED) is 0.893. The van der Waals surface area contributed by atoms with Crippen LogP contribution in [-0.4, -0.2) is 24.6 Å². The van der Waals surface area contributed by atoms with Crippen molar-refractivity contribution in [1.29, 1.82) is 0 Å². The minimum Gasteiger partial charge on any atom is -0.388 e. The fraction of sp³-hybridized carbons (Fsp3) is 0.600. The summed E-state index contributed by atoms with van der Waals surface area (Å²) in [6.07, 6.45) is 1.82. The molecule has 0 radical (unpaired) electrons. The highest BCUT2D eigenvalue weighted by molar-refractivity contribution is 5.32. The van der Waals surface area contributed by atoms with Crippen LogP contribution in [0.3, 0.4) is 0 Å². The summed E-state index contributed by atoms with van der Waals surface area (Å²) >= 11 is 0. The third-order valence-corrected chi connectivity index (χ3v) is 3.37. The summed E-state index contributed by atoms with van der Waals surface area (Å²) in [5.41, 5.74) is 3.34. The summed E-state index contributed by atoms with van der Waals surface area (Å²) in [7, 11) is 0. The van der Waals surface area contributed by atoms with Crippen molar-refractivity contribution in [1.82, 2.24) is 0 Å². The Morgan fingerprint density at radius 2 is 2.00 bits per heavy atom. The van der Waals surface area contributed by atoms with Gasteiger partial charge in [0.05, 0.1) is 19.3 Å². The van der Waals surface area contributed by atoms with E-state index in [0.29, 0.717) is 6.42 Å². The molecular weight excluding hydrogens is 228 g/mol. The van der Waals surface area contributed by atoms with E-state index in [2.05, 4.69) is 18.2 Å². The lowest BCUT2D eigenvalue weighted by molar-refractivity contribution is -0.183. The van der Waals surface area contributed by atoms with E-state index in [9.17, 15) is 5.11 Å². The average molecular weight is 250 g/mol. The molecule has 0 amide bonds. The number of aliphatic hydroxyl groups excluding tert-OH is 1. The van der Waals surface area contributed by atoms with Gasteiger partial charge in [0.25, 0.3) is 0 Å². The van der Waals surface area contributed by atoms with Crippen LogP contribution >= 0.6 is 0 Å². The predicted octanol–water partition coefficient (Wildman–Crippen LogP) is 2.88. The molecule has 1 aromatic rings. The highest BCUT2D eigenvalue weighted by Gasteiger charge is 2.17. The largest absolute Gasteiger partial charge is 0.388 e.